The molecule has 5 aromatic heterocycles. The van der Waals surface area contributed by atoms with Crippen LogP contribution in [0.4, 0.5) is 0 Å². The largest absolute Gasteiger partial charge is 0.447 e. The summed E-state index contributed by atoms with van der Waals surface area (Å²) < 4.78 is 16.2. The molecule has 0 unspecified atom stereocenters. The molecule has 0 saturated heterocycles. The van der Waals surface area contributed by atoms with Crippen LogP contribution < -0.4 is 0 Å². The third-order valence-corrected chi connectivity index (χ3v) is 6.93. The van der Waals surface area contributed by atoms with Crippen LogP contribution in [0.5, 0.6) is 0 Å². The summed E-state index contributed by atoms with van der Waals surface area (Å²) in [6, 6.07) is 35.2. The van der Waals surface area contributed by atoms with Gasteiger partial charge < -0.3 is 8.83 Å². The fourth-order valence-electron chi connectivity index (χ4n) is 5.35. The minimum absolute atomic E-state index is 0.778. The average Bonchev–Trinajstić information content (AvgIpc) is 3.70. The lowest BCUT2D eigenvalue weighted by Gasteiger charge is -2.09. The van der Waals surface area contributed by atoms with Gasteiger partial charge in [0.2, 0.25) is 11.4 Å². The molecule has 36 heavy (non-hydrogen) atoms. The lowest BCUT2D eigenvalue weighted by molar-refractivity contribution is 0.594. The Labute approximate surface area is 205 Å². The highest BCUT2D eigenvalue weighted by molar-refractivity contribution is 6.10. The highest BCUT2D eigenvalue weighted by atomic mass is 16.3. The number of furan rings is 2. The van der Waals surface area contributed by atoms with Crippen LogP contribution in [0.25, 0.3) is 66.8 Å². The second kappa shape index (κ2) is 7.23. The van der Waals surface area contributed by atoms with Gasteiger partial charge in [0.25, 0.3) is 0 Å². The SMILES string of the molecule is c1ccc(-c2cccc(-n3c4ccc(-n5c6ccccc6c6ccoc65)cc4c4ccoc43)n2)cc1. The normalized spacial score (nSPS) is 11.9. The van der Waals surface area contributed by atoms with E-state index in [9.17, 15) is 0 Å². The second-order valence-corrected chi connectivity index (χ2v) is 8.92. The van der Waals surface area contributed by atoms with Gasteiger partial charge in [0, 0.05) is 32.8 Å². The van der Waals surface area contributed by atoms with Gasteiger partial charge >= 0.3 is 0 Å². The molecule has 0 spiro atoms. The minimum Gasteiger partial charge on any atom is -0.447 e. The summed E-state index contributed by atoms with van der Waals surface area (Å²) in [6.07, 6.45) is 3.49. The molecule has 3 aromatic carbocycles. The van der Waals surface area contributed by atoms with Crippen LogP contribution in [-0.2, 0) is 0 Å². The molecular weight excluding hydrogens is 446 g/mol. The molecular formula is C31H19N3O2. The van der Waals surface area contributed by atoms with Crippen LogP contribution in [0.3, 0.4) is 0 Å². The molecule has 8 rings (SSSR count). The molecule has 5 heteroatoms. The number of fused-ring (bicyclic) bond motifs is 6. The third-order valence-electron chi connectivity index (χ3n) is 6.93. The first-order valence-corrected chi connectivity index (χ1v) is 11.9. The van der Waals surface area contributed by atoms with Gasteiger partial charge in [-0.15, -0.1) is 0 Å². The maximum atomic E-state index is 5.99. The van der Waals surface area contributed by atoms with Crippen molar-refractivity contribution in [3.05, 3.63) is 116 Å². The Balaban J connectivity index is 1.38. The highest BCUT2D eigenvalue weighted by Gasteiger charge is 2.19. The van der Waals surface area contributed by atoms with E-state index in [4.69, 9.17) is 13.8 Å². The number of hydrogen-bond acceptors (Lipinski definition) is 3. The van der Waals surface area contributed by atoms with Crippen LogP contribution in [0.2, 0.25) is 0 Å². The molecule has 0 fully saturated rings. The first-order valence-electron chi connectivity index (χ1n) is 11.9. The first-order chi connectivity index (χ1) is 17.9. The Hall–Kier alpha value is -5.03. The van der Waals surface area contributed by atoms with E-state index >= 15 is 0 Å². The quantitative estimate of drug-likeness (QED) is 0.265. The van der Waals surface area contributed by atoms with Gasteiger partial charge in [0.15, 0.2) is 0 Å². The van der Waals surface area contributed by atoms with Crippen molar-refractivity contribution in [1.82, 2.24) is 14.1 Å². The lowest BCUT2D eigenvalue weighted by atomic mass is 10.1. The monoisotopic (exact) mass is 465 g/mol. The number of aromatic nitrogens is 3. The zero-order valence-electron chi connectivity index (χ0n) is 19.1. The predicted molar refractivity (Wildman–Crippen MR) is 143 cm³/mol. The van der Waals surface area contributed by atoms with Gasteiger partial charge in [-0.2, -0.15) is 0 Å². The Morgan fingerprint density at radius 1 is 0.528 bits per heavy atom. The molecule has 170 valence electrons. The fraction of sp³-hybridized carbons (Fsp3) is 0. The van der Waals surface area contributed by atoms with E-state index < -0.39 is 0 Å². The first kappa shape index (κ1) is 19.3. The number of pyridine rings is 1. The van der Waals surface area contributed by atoms with E-state index in [1.54, 1.807) is 12.5 Å². The molecule has 0 aliphatic rings. The molecule has 0 radical (unpaired) electrons. The van der Waals surface area contributed by atoms with Crippen LogP contribution in [0.1, 0.15) is 0 Å². The molecule has 0 aliphatic heterocycles. The number of para-hydroxylation sites is 1. The van der Waals surface area contributed by atoms with Crippen LogP contribution in [-0.4, -0.2) is 14.1 Å². The minimum atomic E-state index is 0.778. The highest BCUT2D eigenvalue weighted by Crippen LogP contribution is 2.37. The van der Waals surface area contributed by atoms with E-state index in [0.717, 1.165) is 61.4 Å². The summed E-state index contributed by atoms with van der Waals surface area (Å²) in [5, 5.41) is 4.43. The summed E-state index contributed by atoms with van der Waals surface area (Å²) in [5.74, 6) is 0.818. The smallest absolute Gasteiger partial charge is 0.213 e. The standard InChI is InChI=1S/C31H19N3O2/c1-2-7-20(8-3-1)26-10-6-12-29(32-26)34-28-14-13-21(19-25(28)24-16-18-36-31(24)34)33-27-11-5-4-9-22(27)23-15-17-35-30(23)33/h1-19H. The maximum Gasteiger partial charge on any atom is 0.213 e. The van der Waals surface area contributed by atoms with Crippen molar-refractivity contribution in [1.29, 1.82) is 0 Å². The summed E-state index contributed by atoms with van der Waals surface area (Å²) in [5.41, 5.74) is 6.82. The summed E-state index contributed by atoms with van der Waals surface area (Å²) in [6.45, 7) is 0. The van der Waals surface area contributed by atoms with Crippen molar-refractivity contribution in [3.8, 4) is 22.8 Å². The van der Waals surface area contributed by atoms with Crippen molar-refractivity contribution >= 4 is 44.0 Å². The van der Waals surface area contributed by atoms with E-state index in [1.165, 1.54) is 5.39 Å². The molecule has 0 saturated carbocycles. The molecule has 0 amide bonds. The van der Waals surface area contributed by atoms with Crippen LogP contribution in [0.15, 0.2) is 124 Å². The summed E-state index contributed by atoms with van der Waals surface area (Å²) in [7, 11) is 0. The lowest BCUT2D eigenvalue weighted by Crippen LogP contribution is -1.98. The van der Waals surface area contributed by atoms with Gasteiger partial charge in [-0.1, -0.05) is 54.6 Å². The van der Waals surface area contributed by atoms with E-state index in [0.29, 0.717) is 0 Å². The van der Waals surface area contributed by atoms with E-state index in [-0.39, 0.29) is 0 Å². The number of hydrogen-bond donors (Lipinski definition) is 0. The molecule has 0 bridgehead atoms. The number of rotatable bonds is 3. The van der Waals surface area contributed by atoms with Gasteiger partial charge in [-0.05, 0) is 48.5 Å². The third kappa shape index (κ3) is 2.62. The number of nitrogens with zero attached hydrogens (tertiary/aromatic N) is 3. The van der Waals surface area contributed by atoms with Gasteiger partial charge in [0.1, 0.15) is 5.82 Å². The Morgan fingerprint density at radius 3 is 2.11 bits per heavy atom. The van der Waals surface area contributed by atoms with Gasteiger partial charge in [0.05, 0.1) is 29.3 Å². The molecule has 0 atom stereocenters. The van der Waals surface area contributed by atoms with Crippen molar-refractivity contribution in [2.45, 2.75) is 0 Å². The summed E-state index contributed by atoms with van der Waals surface area (Å²) >= 11 is 0. The maximum absolute atomic E-state index is 5.99. The van der Waals surface area contributed by atoms with Crippen molar-refractivity contribution in [2.24, 2.45) is 0 Å². The molecule has 5 heterocycles. The molecule has 0 N–H and O–H groups in total. The average molecular weight is 466 g/mol. The fourth-order valence-corrected chi connectivity index (χ4v) is 5.35. The number of benzene rings is 3. The van der Waals surface area contributed by atoms with Crippen molar-refractivity contribution < 1.29 is 8.83 Å². The Kier molecular flexibility index (Phi) is 3.88. The Bertz CT molecular complexity index is 2050. The zero-order chi connectivity index (χ0) is 23.6. The molecule has 0 aliphatic carbocycles. The summed E-state index contributed by atoms with van der Waals surface area (Å²) in [4.78, 5) is 5.00. The van der Waals surface area contributed by atoms with Gasteiger partial charge in [-0.25, -0.2) is 4.98 Å². The van der Waals surface area contributed by atoms with Crippen LogP contribution >= 0.6 is 0 Å². The van der Waals surface area contributed by atoms with Crippen molar-refractivity contribution in [3.63, 3.8) is 0 Å². The predicted octanol–water partition coefficient (Wildman–Crippen LogP) is 8.13. The Morgan fingerprint density at radius 2 is 1.25 bits per heavy atom. The zero-order valence-corrected chi connectivity index (χ0v) is 19.1. The topological polar surface area (TPSA) is 49.0 Å². The second-order valence-electron chi connectivity index (χ2n) is 8.92. The molecule has 8 aromatic rings. The van der Waals surface area contributed by atoms with E-state index in [2.05, 4.69) is 63.7 Å². The van der Waals surface area contributed by atoms with E-state index in [1.807, 2.05) is 48.5 Å². The van der Waals surface area contributed by atoms with Crippen molar-refractivity contribution in [2.75, 3.05) is 0 Å². The molecule has 5 nitrogen and oxygen atoms in total. The van der Waals surface area contributed by atoms with Gasteiger partial charge in [-0.3, -0.25) is 9.13 Å². The van der Waals surface area contributed by atoms with Crippen LogP contribution in [0, 0.1) is 0 Å².